The van der Waals surface area contributed by atoms with Crippen molar-refractivity contribution in [2.75, 3.05) is 26.7 Å². The molecule has 1 amide bonds. The van der Waals surface area contributed by atoms with E-state index in [0.29, 0.717) is 12.1 Å². The number of morpholine rings is 1. The molecule has 2 aliphatic rings. The highest BCUT2D eigenvalue weighted by molar-refractivity contribution is 5.79. The Morgan fingerprint density at radius 2 is 2.28 bits per heavy atom. The maximum atomic E-state index is 11.2. The number of nitrogens with one attached hydrogen (secondary N) is 1. The quantitative estimate of drug-likeness (QED) is 0.731. The first-order valence-corrected chi connectivity index (χ1v) is 7.04. The summed E-state index contributed by atoms with van der Waals surface area (Å²) < 4.78 is 5.84. The lowest BCUT2D eigenvalue weighted by atomic mass is 9.90. The van der Waals surface area contributed by atoms with Crippen LogP contribution in [0, 0.1) is 0 Å². The van der Waals surface area contributed by atoms with Gasteiger partial charge in [-0.25, -0.2) is 0 Å². The number of nitrogens with zero attached hydrogens (tertiary/aromatic N) is 1. The lowest BCUT2D eigenvalue weighted by molar-refractivity contribution is -0.120. The average Bonchev–Trinajstić information content (AvgIpc) is 2.39. The second-order valence-electron chi connectivity index (χ2n) is 5.33. The smallest absolute Gasteiger partial charge is 0.234 e. The number of hydrogen-bond acceptors (Lipinski definition) is 4. The van der Waals surface area contributed by atoms with Gasteiger partial charge in [-0.15, -0.1) is 0 Å². The standard InChI is InChI=1S/C13H25N3O2/c1-15-10(13(14)17)6-7-16-8-9-18-12-5-3-2-4-11(12)16/h10-12,15H,2-9H2,1H3,(H2,14,17). The summed E-state index contributed by atoms with van der Waals surface area (Å²) in [4.78, 5) is 13.7. The average molecular weight is 255 g/mol. The van der Waals surface area contributed by atoms with Crippen molar-refractivity contribution in [3.05, 3.63) is 0 Å². The van der Waals surface area contributed by atoms with Crippen LogP contribution in [0.15, 0.2) is 0 Å². The van der Waals surface area contributed by atoms with Gasteiger partial charge in [0.05, 0.1) is 18.8 Å². The van der Waals surface area contributed by atoms with Crippen LogP contribution in [0.2, 0.25) is 0 Å². The first kappa shape index (κ1) is 13.8. The molecule has 1 saturated heterocycles. The van der Waals surface area contributed by atoms with Gasteiger partial charge in [0.1, 0.15) is 0 Å². The van der Waals surface area contributed by atoms with Gasteiger partial charge in [0.15, 0.2) is 0 Å². The number of primary amides is 1. The molecule has 104 valence electrons. The third-order valence-electron chi connectivity index (χ3n) is 4.24. The number of hydrogen-bond donors (Lipinski definition) is 2. The summed E-state index contributed by atoms with van der Waals surface area (Å²) in [5, 5.41) is 2.98. The van der Waals surface area contributed by atoms with Crippen molar-refractivity contribution >= 4 is 5.91 Å². The minimum atomic E-state index is -0.258. The number of ether oxygens (including phenoxy) is 1. The third kappa shape index (κ3) is 3.22. The van der Waals surface area contributed by atoms with E-state index in [1.54, 1.807) is 7.05 Å². The van der Waals surface area contributed by atoms with Crippen LogP contribution < -0.4 is 11.1 Å². The van der Waals surface area contributed by atoms with Crippen LogP contribution in [0.25, 0.3) is 0 Å². The number of likely N-dealkylation sites (N-methyl/N-ethyl adjacent to an activating group) is 1. The Bertz CT molecular complexity index is 283. The van der Waals surface area contributed by atoms with E-state index in [1.807, 2.05) is 0 Å². The fraction of sp³-hybridized carbons (Fsp3) is 0.923. The third-order valence-corrected chi connectivity index (χ3v) is 4.24. The molecule has 1 aliphatic carbocycles. The molecule has 3 N–H and O–H groups in total. The highest BCUT2D eigenvalue weighted by Crippen LogP contribution is 2.28. The molecule has 0 bridgehead atoms. The van der Waals surface area contributed by atoms with E-state index >= 15 is 0 Å². The maximum absolute atomic E-state index is 11.2. The Kier molecular flexibility index (Phi) is 4.97. The van der Waals surface area contributed by atoms with Gasteiger partial charge in [-0.3, -0.25) is 9.69 Å². The molecule has 3 atom stereocenters. The van der Waals surface area contributed by atoms with Crippen LogP contribution in [0.5, 0.6) is 0 Å². The highest BCUT2D eigenvalue weighted by Gasteiger charge is 2.34. The van der Waals surface area contributed by atoms with Crippen LogP contribution >= 0.6 is 0 Å². The molecule has 3 unspecified atom stereocenters. The van der Waals surface area contributed by atoms with Crippen molar-refractivity contribution in [3.63, 3.8) is 0 Å². The number of nitrogens with two attached hydrogens (primary N) is 1. The predicted molar refractivity (Wildman–Crippen MR) is 70.2 cm³/mol. The van der Waals surface area contributed by atoms with Gasteiger partial charge in [-0.05, 0) is 26.3 Å². The summed E-state index contributed by atoms with van der Waals surface area (Å²) in [5.41, 5.74) is 5.35. The summed E-state index contributed by atoms with van der Waals surface area (Å²) in [6.07, 6.45) is 6.20. The van der Waals surface area contributed by atoms with Gasteiger partial charge < -0.3 is 15.8 Å². The van der Waals surface area contributed by atoms with E-state index in [4.69, 9.17) is 10.5 Å². The molecular formula is C13H25N3O2. The number of carbonyl (C=O) groups excluding carboxylic acids is 1. The summed E-state index contributed by atoms with van der Waals surface area (Å²) >= 11 is 0. The molecule has 0 spiro atoms. The van der Waals surface area contributed by atoms with Crippen molar-refractivity contribution in [1.82, 2.24) is 10.2 Å². The number of carbonyl (C=O) groups is 1. The summed E-state index contributed by atoms with van der Waals surface area (Å²) in [6, 6.07) is 0.341. The van der Waals surface area contributed by atoms with Gasteiger partial charge in [0.25, 0.3) is 0 Å². The Hall–Kier alpha value is -0.650. The van der Waals surface area contributed by atoms with Crippen LogP contribution in [-0.2, 0) is 9.53 Å². The monoisotopic (exact) mass is 255 g/mol. The van der Waals surface area contributed by atoms with Crippen molar-refractivity contribution < 1.29 is 9.53 Å². The molecule has 2 fully saturated rings. The summed E-state index contributed by atoms with van der Waals surface area (Å²) in [7, 11) is 1.79. The fourth-order valence-corrected chi connectivity index (χ4v) is 3.18. The lowest BCUT2D eigenvalue weighted by Crippen LogP contribution is -2.54. The Morgan fingerprint density at radius 1 is 1.50 bits per heavy atom. The molecule has 18 heavy (non-hydrogen) atoms. The fourth-order valence-electron chi connectivity index (χ4n) is 3.18. The zero-order valence-electron chi connectivity index (χ0n) is 11.2. The molecule has 0 radical (unpaired) electrons. The van der Waals surface area contributed by atoms with E-state index in [-0.39, 0.29) is 11.9 Å². The Balaban J connectivity index is 1.85. The molecule has 1 saturated carbocycles. The van der Waals surface area contributed by atoms with Gasteiger partial charge in [0, 0.05) is 19.1 Å². The zero-order valence-corrected chi connectivity index (χ0v) is 11.2. The van der Waals surface area contributed by atoms with E-state index in [2.05, 4.69) is 10.2 Å². The van der Waals surface area contributed by atoms with E-state index in [9.17, 15) is 4.79 Å². The Morgan fingerprint density at radius 3 is 3.00 bits per heavy atom. The second-order valence-corrected chi connectivity index (χ2v) is 5.33. The second kappa shape index (κ2) is 6.50. The zero-order chi connectivity index (χ0) is 13.0. The minimum Gasteiger partial charge on any atom is -0.375 e. The van der Waals surface area contributed by atoms with E-state index in [1.165, 1.54) is 25.7 Å². The molecule has 0 aromatic heterocycles. The normalized spacial score (nSPS) is 30.7. The SMILES string of the molecule is CNC(CCN1CCOC2CCCCC21)C(N)=O. The molecule has 0 aromatic carbocycles. The van der Waals surface area contributed by atoms with Gasteiger partial charge >= 0.3 is 0 Å². The maximum Gasteiger partial charge on any atom is 0.234 e. The Labute approximate surface area is 109 Å². The van der Waals surface area contributed by atoms with Gasteiger partial charge in [-0.1, -0.05) is 12.8 Å². The van der Waals surface area contributed by atoms with E-state index < -0.39 is 0 Å². The molecule has 2 rings (SSSR count). The van der Waals surface area contributed by atoms with Crippen molar-refractivity contribution in [2.24, 2.45) is 5.73 Å². The summed E-state index contributed by atoms with van der Waals surface area (Å²) in [6.45, 7) is 2.73. The lowest BCUT2D eigenvalue weighted by Gasteiger charge is -2.44. The number of fused-ring (bicyclic) bond motifs is 1. The largest absolute Gasteiger partial charge is 0.375 e. The molecule has 0 aromatic rings. The van der Waals surface area contributed by atoms with Crippen LogP contribution in [0.1, 0.15) is 32.1 Å². The van der Waals surface area contributed by atoms with Crippen molar-refractivity contribution in [2.45, 2.75) is 50.3 Å². The summed E-state index contributed by atoms with van der Waals surface area (Å²) in [5.74, 6) is -0.258. The van der Waals surface area contributed by atoms with Gasteiger partial charge in [0.2, 0.25) is 5.91 Å². The highest BCUT2D eigenvalue weighted by atomic mass is 16.5. The van der Waals surface area contributed by atoms with Crippen LogP contribution in [0.4, 0.5) is 0 Å². The van der Waals surface area contributed by atoms with Crippen LogP contribution in [-0.4, -0.2) is 55.7 Å². The number of rotatable bonds is 5. The first-order valence-electron chi connectivity index (χ1n) is 7.04. The van der Waals surface area contributed by atoms with E-state index in [0.717, 1.165) is 26.1 Å². The number of amides is 1. The van der Waals surface area contributed by atoms with Crippen LogP contribution in [0.3, 0.4) is 0 Å². The molecule has 1 heterocycles. The molecular weight excluding hydrogens is 230 g/mol. The predicted octanol–water partition coefficient (Wildman–Crippen LogP) is 0.0932. The molecule has 5 heteroatoms. The first-order chi connectivity index (χ1) is 8.72. The molecule has 1 aliphatic heterocycles. The molecule has 5 nitrogen and oxygen atoms in total. The minimum absolute atomic E-state index is 0.213. The topological polar surface area (TPSA) is 67.6 Å². The van der Waals surface area contributed by atoms with Gasteiger partial charge in [-0.2, -0.15) is 0 Å². The van der Waals surface area contributed by atoms with Crippen molar-refractivity contribution in [1.29, 1.82) is 0 Å². The van der Waals surface area contributed by atoms with Crippen molar-refractivity contribution in [3.8, 4) is 0 Å².